The Labute approximate surface area is 146 Å². The second kappa shape index (κ2) is 7.90. The number of aliphatic hydroxyl groups is 1. The number of thiophene rings is 1. The van der Waals surface area contributed by atoms with Gasteiger partial charge in [0.05, 0.1) is 4.88 Å². The van der Waals surface area contributed by atoms with Crippen molar-refractivity contribution >= 4 is 17.2 Å². The van der Waals surface area contributed by atoms with Gasteiger partial charge in [-0.15, -0.1) is 11.3 Å². The van der Waals surface area contributed by atoms with Gasteiger partial charge in [-0.25, -0.2) is 0 Å². The molecular weight excluding hydrogens is 320 g/mol. The normalized spacial score (nSPS) is 18.0. The molecule has 0 aliphatic heterocycles. The number of nitrogens with zero attached hydrogens (tertiary/aromatic N) is 1. The Morgan fingerprint density at radius 3 is 3.12 bits per heavy atom. The molecule has 1 aliphatic carbocycles. The summed E-state index contributed by atoms with van der Waals surface area (Å²) in [5, 5.41) is 12.5. The average molecular weight is 344 g/mol. The number of rotatable bonds is 6. The first kappa shape index (κ1) is 17.1. The van der Waals surface area contributed by atoms with E-state index in [-0.39, 0.29) is 18.4 Å². The van der Waals surface area contributed by atoms with Gasteiger partial charge < -0.3 is 10.4 Å². The molecule has 128 valence electrons. The van der Waals surface area contributed by atoms with Gasteiger partial charge in [-0.2, -0.15) is 0 Å². The van der Waals surface area contributed by atoms with Crippen LogP contribution in [-0.2, 0) is 19.3 Å². The lowest BCUT2D eigenvalue weighted by Gasteiger charge is -2.16. The first-order chi connectivity index (χ1) is 11.7. The van der Waals surface area contributed by atoms with E-state index < -0.39 is 0 Å². The van der Waals surface area contributed by atoms with Gasteiger partial charge in [0.1, 0.15) is 0 Å². The van der Waals surface area contributed by atoms with E-state index in [1.54, 1.807) is 17.5 Å². The first-order valence-electron chi connectivity index (χ1n) is 8.56. The highest BCUT2D eigenvalue weighted by atomic mass is 32.1. The molecule has 2 unspecified atom stereocenters. The first-order valence-corrected chi connectivity index (χ1v) is 9.38. The number of carbonyl (C=O) groups is 1. The Morgan fingerprint density at radius 2 is 2.38 bits per heavy atom. The predicted molar refractivity (Wildman–Crippen MR) is 96.4 cm³/mol. The van der Waals surface area contributed by atoms with E-state index in [1.165, 1.54) is 16.9 Å². The minimum atomic E-state index is -0.0264. The SMILES string of the molecule is CC1CCc2sc(C(=O)NCC(CO)Cc3ccccn3)cc2C1. The van der Waals surface area contributed by atoms with Crippen LogP contribution in [-0.4, -0.2) is 29.1 Å². The Morgan fingerprint density at radius 1 is 1.50 bits per heavy atom. The molecular formula is C19H24N2O2S. The average Bonchev–Trinajstić information content (AvgIpc) is 3.02. The maximum atomic E-state index is 12.4. The molecule has 0 spiro atoms. The lowest BCUT2D eigenvalue weighted by Crippen LogP contribution is -2.31. The maximum Gasteiger partial charge on any atom is 0.261 e. The van der Waals surface area contributed by atoms with Crippen molar-refractivity contribution in [2.75, 3.05) is 13.2 Å². The van der Waals surface area contributed by atoms with Gasteiger partial charge in [0.25, 0.3) is 5.91 Å². The van der Waals surface area contributed by atoms with Crippen molar-refractivity contribution in [1.82, 2.24) is 10.3 Å². The molecule has 1 amide bonds. The fourth-order valence-electron chi connectivity index (χ4n) is 3.16. The lowest BCUT2D eigenvalue weighted by molar-refractivity contribution is 0.0944. The van der Waals surface area contributed by atoms with Crippen molar-refractivity contribution < 1.29 is 9.90 Å². The molecule has 24 heavy (non-hydrogen) atoms. The highest BCUT2D eigenvalue weighted by Gasteiger charge is 2.21. The summed E-state index contributed by atoms with van der Waals surface area (Å²) in [4.78, 5) is 18.9. The van der Waals surface area contributed by atoms with E-state index >= 15 is 0 Å². The molecule has 0 bridgehead atoms. The van der Waals surface area contributed by atoms with Crippen LogP contribution in [0.2, 0.25) is 0 Å². The Kier molecular flexibility index (Phi) is 5.63. The van der Waals surface area contributed by atoms with Gasteiger partial charge in [-0.1, -0.05) is 13.0 Å². The van der Waals surface area contributed by atoms with Gasteiger partial charge >= 0.3 is 0 Å². The highest BCUT2D eigenvalue weighted by molar-refractivity contribution is 7.14. The summed E-state index contributed by atoms with van der Waals surface area (Å²) in [6.45, 7) is 2.77. The third-order valence-corrected chi connectivity index (χ3v) is 5.82. The molecule has 2 N–H and O–H groups in total. The molecule has 3 rings (SSSR count). The predicted octanol–water partition coefficient (Wildman–Crippen LogP) is 2.85. The van der Waals surface area contributed by atoms with Crippen LogP contribution in [0, 0.1) is 11.8 Å². The molecule has 4 nitrogen and oxygen atoms in total. The number of hydrogen-bond donors (Lipinski definition) is 2. The molecule has 0 aromatic carbocycles. The van der Waals surface area contributed by atoms with Crippen LogP contribution in [0.25, 0.3) is 0 Å². The number of aromatic nitrogens is 1. The standard InChI is InChI=1S/C19H24N2O2S/c1-13-5-6-17-15(8-13)10-18(24-17)19(23)21-11-14(12-22)9-16-4-2-3-7-20-16/h2-4,7,10,13-14,22H,5-6,8-9,11-12H2,1H3,(H,21,23). The molecule has 0 fully saturated rings. The third kappa shape index (κ3) is 4.22. The zero-order chi connectivity index (χ0) is 16.9. The lowest BCUT2D eigenvalue weighted by atomic mass is 9.90. The second-order valence-corrected chi connectivity index (χ2v) is 7.83. The Hall–Kier alpha value is -1.72. The minimum absolute atomic E-state index is 0.0153. The number of aliphatic hydroxyl groups excluding tert-OH is 1. The summed E-state index contributed by atoms with van der Waals surface area (Å²) >= 11 is 1.62. The quantitative estimate of drug-likeness (QED) is 0.847. The van der Waals surface area contributed by atoms with E-state index in [9.17, 15) is 9.90 Å². The van der Waals surface area contributed by atoms with E-state index in [4.69, 9.17) is 0 Å². The minimum Gasteiger partial charge on any atom is -0.396 e. The molecule has 0 radical (unpaired) electrons. The Bertz CT molecular complexity index is 684. The molecule has 1 aliphatic rings. The van der Waals surface area contributed by atoms with Crippen LogP contribution < -0.4 is 5.32 Å². The number of pyridine rings is 1. The summed E-state index contributed by atoms with van der Waals surface area (Å²) in [6.07, 6.45) is 5.80. The summed E-state index contributed by atoms with van der Waals surface area (Å²) in [5.74, 6) is 0.667. The molecule has 2 aromatic heterocycles. The van der Waals surface area contributed by atoms with Gasteiger partial charge in [0, 0.05) is 35.8 Å². The van der Waals surface area contributed by atoms with Crippen LogP contribution in [0.3, 0.4) is 0 Å². The van der Waals surface area contributed by atoms with Gasteiger partial charge in [-0.05, 0) is 55.4 Å². The fourth-order valence-corrected chi connectivity index (χ4v) is 4.28. The van der Waals surface area contributed by atoms with Crippen molar-refractivity contribution in [3.63, 3.8) is 0 Å². The molecule has 5 heteroatoms. The van der Waals surface area contributed by atoms with Crippen LogP contribution in [0.5, 0.6) is 0 Å². The fraction of sp³-hybridized carbons (Fsp3) is 0.474. The Balaban J connectivity index is 1.56. The summed E-state index contributed by atoms with van der Waals surface area (Å²) in [6, 6.07) is 7.81. The summed E-state index contributed by atoms with van der Waals surface area (Å²) in [5.41, 5.74) is 2.28. The monoisotopic (exact) mass is 344 g/mol. The van der Waals surface area contributed by atoms with E-state index in [1.807, 2.05) is 18.2 Å². The number of hydrogen-bond acceptors (Lipinski definition) is 4. The van der Waals surface area contributed by atoms with Gasteiger partial charge in [-0.3, -0.25) is 9.78 Å². The van der Waals surface area contributed by atoms with Gasteiger partial charge in [0.15, 0.2) is 0 Å². The van der Waals surface area contributed by atoms with Crippen LogP contribution in [0.4, 0.5) is 0 Å². The maximum absolute atomic E-state index is 12.4. The molecule has 2 aromatic rings. The van der Waals surface area contributed by atoms with Crippen molar-refractivity contribution in [3.8, 4) is 0 Å². The molecule has 2 heterocycles. The van der Waals surface area contributed by atoms with E-state index in [0.29, 0.717) is 18.9 Å². The van der Waals surface area contributed by atoms with Crippen molar-refractivity contribution in [2.24, 2.45) is 11.8 Å². The van der Waals surface area contributed by atoms with Crippen molar-refractivity contribution in [1.29, 1.82) is 0 Å². The number of carbonyl (C=O) groups excluding carboxylic acids is 1. The molecule has 0 saturated carbocycles. The number of aryl methyl sites for hydroxylation is 1. The second-order valence-electron chi connectivity index (χ2n) is 6.69. The zero-order valence-electron chi connectivity index (χ0n) is 14.0. The van der Waals surface area contributed by atoms with E-state index in [2.05, 4.69) is 23.3 Å². The van der Waals surface area contributed by atoms with Crippen LogP contribution in [0.1, 0.15) is 39.2 Å². The van der Waals surface area contributed by atoms with E-state index in [0.717, 1.165) is 23.4 Å². The summed E-state index contributed by atoms with van der Waals surface area (Å²) < 4.78 is 0. The zero-order valence-corrected chi connectivity index (χ0v) is 14.8. The highest BCUT2D eigenvalue weighted by Crippen LogP contribution is 2.32. The van der Waals surface area contributed by atoms with Crippen LogP contribution in [0.15, 0.2) is 30.5 Å². The molecule has 2 atom stereocenters. The largest absolute Gasteiger partial charge is 0.396 e. The number of amides is 1. The van der Waals surface area contributed by atoms with Crippen molar-refractivity contribution in [3.05, 3.63) is 51.5 Å². The van der Waals surface area contributed by atoms with Crippen LogP contribution >= 0.6 is 11.3 Å². The van der Waals surface area contributed by atoms with Gasteiger partial charge in [0.2, 0.25) is 0 Å². The summed E-state index contributed by atoms with van der Waals surface area (Å²) in [7, 11) is 0. The smallest absolute Gasteiger partial charge is 0.261 e. The number of nitrogens with one attached hydrogen (secondary N) is 1. The molecule has 0 saturated heterocycles. The number of fused-ring (bicyclic) bond motifs is 1. The van der Waals surface area contributed by atoms with Crippen molar-refractivity contribution in [2.45, 2.75) is 32.6 Å². The topological polar surface area (TPSA) is 62.2 Å². The third-order valence-electron chi connectivity index (χ3n) is 4.59.